The zero-order valence-electron chi connectivity index (χ0n) is 18.0. The number of nitrogens with zero attached hydrogens (tertiary/aromatic N) is 2. The van der Waals surface area contributed by atoms with Crippen LogP contribution in [0, 0.1) is 6.92 Å². The molecule has 0 fully saturated rings. The number of halogens is 7. The number of benzene rings is 2. The van der Waals surface area contributed by atoms with E-state index < -0.39 is 34.0 Å². The van der Waals surface area contributed by atoms with Crippen molar-refractivity contribution in [3.63, 3.8) is 0 Å². The van der Waals surface area contributed by atoms with Crippen LogP contribution in [-0.2, 0) is 7.05 Å². The van der Waals surface area contributed by atoms with Crippen LogP contribution in [0.3, 0.4) is 0 Å². The van der Waals surface area contributed by atoms with Crippen molar-refractivity contribution < 1.29 is 30.7 Å². The Balaban J connectivity index is 1.72. The van der Waals surface area contributed by atoms with E-state index >= 15 is 0 Å². The molecule has 1 heterocycles. The van der Waals surface area contributed by atoms with Crippen LogP contribution < -0.4 is 16.2 Å². The van der Waals surface area contributed by atoms with Gasteiger partial charge in [0.1, 0.15) is 5.69 Å². The quantitative estimate of drug-likeness (QED) is 0.223. The first kappa shape index (κ1) is 26.6. The Hall–Kier alpha value is -3.00. The number of hydrogen-bond acceptors (Lipinski definition) is 3. The van der Waals surface area contributed by atoms with Crippen LogP contribution in [0.1, 0.15) is 5.69 Å². The number of aromatic nitrogens is 2. The number of nitrogens with one attached hydrogen (secondary N) is 2. The maximum absolute atomic E-state index is 13.6. The molecule has 14 heteroatoms. The van der Waals surface area contributed by atoms with E-state index in [9.17, 15) is 35.5 Å². The lowest BCUT2D eigenvalue weighted by Gasteiger charge is -2.27. The zero-order chi connectivity index (χ0) is 26.2. The van der Waals surface area contributed by atoms with Crippen LogP contribution in [0.4, 0.5) is 42.1 Å². The molecule has 188 valence electrons. The van der Waals surface area contributed by atoms with Gasteiger partial charge in [-0.25, -0.2) is 4.68 Å². The average molecular weight is 539 g/mol. The predicted octanol–water partition coefficient (Wildman–Crippen LogP) is 6.18. The molecule has 0 aliphatic carbocycles. The second-order valence-electron chi connectivity index (χ2n) is 7.23. The molecule has 2 aromatic carbocycles. The zero-order valence-corrected chi connectivity index (χ0v) is 19.6. The molecule has 0 radical (unpaired) electrons. The summed E-state index contributed by atoms with van der Waals surface area (Å²) in [4.78, 5) is 12.4. The topological polar surface area (TPSA) is 51.0 Å². The second kappa shape index (κ2) is 9.57. The van der Waals surface area contributed by atoms with Gasteiger partial charge in [-0.2, -0.15) is 30.7 Å². The molecule has 0 atom stereocenters. The lowest BCUT2D eigenvalue weighted by Crippen LogP contribution is -2.49. The van der Waals surface area contributed by atoms with E-state index in [2.05, 4.69) is 10.6 Å². The van der Waals surface area contributed by atoms with E-state index in [-0.39, 0.29) is 22.0 Å². The Morgan fingerprint density at radius 1 is 0.914 bits per heavy atom. The highest BCUT2D eigenvalue weighted by Gasteiger charge is 2.73. The molecule has 35 heavy (non-hydrogen) atoms. The van der Waals surface area contributed by atoms with Crippen molar-refractivity contribution >= 4 is 40.5 Å². The number of hydrogen-bond donors (Lipinski definition) is 2. The fourth-order valence-electron chi connectivity index (χ4n) is 2.97. The molecule has 1 aromatic heterocycles. The van der Waals surface area contributed by atoms with Gasteiger partial charge in [-0.3, -0.25) is 9.48 Å². The summed E-state index contributed by atoms with van der Waals surface area (Å²) in [6, 6.07) is 13.0. The van der Waals surface area contributed by atoms with Crippen LogP contribution in [-0.4, -0.2) is 31.8 Å². The summed E-state index contributed by atoms with van der Waals surface area (Å²) in [5, 5.41) is 0.00716. The minimum atomic E-state index is -6.41. The summed E-state index contributed by atoms with van der Waals surface area (Å²) >= 11 is 4.28. The van der Waals surface area contributed by atoms with Crippen molar-refractivity contribution in [2.45, 2.75) is 29.2 Å². The predicted molar refractivity (Wildman–Crippen MR) is 124 cm³/mol. The minimum absolute atomic E-state index is 0.0367. The number of rotatable bonds is 6. The molecule has 0 bridgehead atoms. The van der Waals surface area contributed by atoms with E-state index in [4.69, 9.17) is 12.2 Å². The standard InChI is InChI=1S/C21H17F7N4OS2/c1-12-16(17(33)32(31(12)2)14-6-4-3-5-7-14)30-18(34)29-13-8-10-15(11-9-13)35-21(27,28)19(22,23)20(24,25)26/h3-11H,1-2H3,(H2,29,30,34). The smallest absolute Gasteiger partial charge is 0.332 e. The molecule has 0 unspecified atom stereocenters. The third-order valence-electron chi connectivity index (χ3n) is 4.87. The van der Waals surface area contributed by atoms with Gasteiger partial charge in [-0.15, -0.1) is 0 Å². The summed E-state index contributed by atoms with van der Waals surface area (Å²) in [5.74, 6) is -6.22. The molecule has 0 aliphatic heterocycles. The molecule has 0 saturated carbocycles. The third-order valence-corrected chi connectivity index (χ3v) is 6.10. The highest BCUT2D eigenvalue weighted by molar-refractivity contribution is 8.00. The van der Waals surface area contributed by atoms with Crippen LogP contribution >= 0.6 is 24.0 Å². The molecule has 3 rings (SSSR count). The highest BCUT2D eigenvalue weighted by Crippen LogP contribution is 2.53. The first-order valence-corrected chi connectivity index (χ1v) is 10.9. The van der Waals surface area contributed by atoms with Gasteiger partial charge in [-0.1, -0.05) is 18.2 Å². The molecular weight excluding hydrogens is 521 g/mol. The van der Waals surface area contributed by atoms with Crippen LogP contribution in [0.25, 0.3) is 5.69 Å². The Kier molecular flexibility index (Phi) is 7.27. The normalized spacial score (nSPS) is 12.5. The second-order valence-corrected chi connectivity index (χ2v) is 8.83. The number of para-hydroxylation sites is 1. The minimum Gasteiger partial charge on any atom is -0.332 e. The summed E-state index contributed by atoms with van der Waals surface area (Å²) in [6.45, 7) is 1.69. The van der Waals surface area contributed by atoms with Crippen LogP contribution in [0.5, 0.6) is 0 Å². The van der Waals surface area contributed by atoms with Gasteiger partial charge in [0.15, 0.2) is 5.11 Å². The lowest BCUT2D eigenvalue weighted by molar-refractivity contribution is -0.330. The van der Waals surface area contributed by atoms with Gasteiger partial charge >= 0.3 is 17.4 Å². The maximum atomic E-state index is 13.6. The van der Waals surface area contributed by atoms with Crippen molar-refractivity contribution in [1.29, 1.82) is 0 Å². The Labute approximate surface area is 203 Å². The van der Waals surface area contributed by atoms with E-state index in [0.717, 1.165) is 24.3 Å². The van der Waals surface area contributed by atoms with Gasteiger partial charge in [0.2, 0.25) is 0 Å². The lowest BCUT2D eigenvalue weighted by atomic mass is 10.3. The van der Waals surface area contributed by atoms with Gasteiger partial charge in [0.25, 0.3) is 5.56 Å². The summed E-state index contributed by atoms with van der Waals surface area (Å²) in [6.07, 6.45) is -6.41. The largest absolute Gasteiger partial charge is 0.460 e. The Morgan fingerprint density at radius 3 is 2.03 bits per heavy atom. The van der Waals surface area contributed by atoms with Crippen molar-refractivity contribution in [3.05, 3.63) is 70.6 Å². The fourth-order valence-corrected chi connectivity index (χ4v) is 4.00. The van der Waals surface area contributed by atoms with E-state index in [1.165, 1.54) is 4.68 Å². The van der Waals surface area contributed by atoms with E-state index in [0.29, 0.717) is 11.4 Å². The Morgan fingerprint density at radius 2 is 1.49 bits per heavy atom. The highest BCUT2D eigenvalue weighted by atomic mass is 32.2. The fraction of sp³-hybridized carbons (Fsp3) is 0.238. The molecular formula is C21H17F7N4OS2. The summed E-state index contributed by atoms with van der Waals surface area (Å²) in [5.41, 5.74) is 1.18. The average Bonchev–Trinajstić information content (AvgIpc) is 2.97. The van der Waals surface area contributed by atoms with Gasteiger partial charge in [0, 0.05) is 17.6 Å². The number of thiocarbonyl (C=S) groups is 1. The maximum Gasteiger partial charge on any atom is 0.460 e. The molecule has 5 nitrogen and oxygen atoms in total. The molecule has 0 spiro atoms. The third kappa shape index (κ3) is 5.32. The first-order valence-electron chi connectivity index (χ1n) is 9.69. The molecule has 0 saturated heterocycles. The molecule has 2 N–H and O–H groups in total. The van der Waals surface area contributed by atoms with Gasteiger partial charge < -0.3 is 10.6 Å². The van der Waals surface area contributed by atoms with E-state index in [1.54, 1.807) is 49.0 Å². The number of anilines is 2. The van der Waals surface area contributed by atoms with Crippen LogP contribution in [0.15, 0.2) is 64.3 Å². The van der Waals surface area contributed by atoms with Crippen LogP contribution in [0.2, 0.25) is 0 Å². The van der Waals surface area contributed by atoms with Crippen molar-refractivity contribution in [2.24, 2.45) is 7.05 Å². The van der Waals surface area contributed by atoms with Crippen molar-refractivity contribution in [2.75, 3.05) is 10.6 Å². The van der Waals surface area contributed by atoms with Gasteiger partial charge in [-0.05, 0) is 67.3 Å². The SMILES string of the molecule is Cc1c(NC(=S)Nc2ccc(SC(F)(F)C(F)(F)C(F)(F)F)cc2)c(=O)n(-c2ccccc2)n1C. The molecule has 3 aromatic rings. The Bertz CT molecular complexity index is 1270. The summed E-state index contributed by atoms with van der Waals surface area (Å²) in [7, 11) is 1.68. The monoisotopic (exact) mass is 538 g/mol. The first-order chi connectivity index (χ1) is 16.2. The molecule has 0 amide bonds. The van der Waals surface area contributed by atoms with Crippen molar-refractivity contribution in [1.82, 2.24) is 9.36 Å². The number of thioether (sulfide) groups is 1. The van der Waals surface area contributed by atoms with Gasteiger partial charge in [0.05, 0.1) is 11.4 Å². The number of alkyl halides is 7. The van der Waals surface area contributed by atoms with E-state index in [1.807, 2.05) is 0 Å². The van der Waals surface area contributed by atoms with Crippen molar-refractivity contribution in [3.8, 4) is 5.69 Å². The summed E-state index contributed by atoms with van der Waals surface area (Å²) < 4.78 is 93.3. The molecule has 0 aliphatic rings.